The molecule has 0 radical (unpaired) electrons. The molecule has 0 saturated carbocycles. The maximum Gasteiger partial charge on any atom is 0.0442 e. The molecular formula is C12H16N2. The van der Waals surface area contributed by atoms with Crippen LogP contribution in [0.2, 0.25) is 0 Å². The Morgan fingerprint density at radius 2 is 2.14 bits per heavy atom. The number of benzene rings is 1. The Kier molecular flexibility index (Phi) is 2.84. The SMILES string of the molecule is NCCCN1CC=Cc2ccccc21. The van der Waals surface area contributed by atoms with E-state index in [1.165, 1.54) is 11.3 Å². The van der Waals surface area contributed by atoms with Gasteiger partial charge in [0.05, 0.1) is 0 Å². The summed E-state index contributed by atoms with van der Waals surface area (Å²) in [5.74, 6) is 0. The van der Waals surface area contributed by atoms with E-state index >= 15 is 0 Å². The van der Waals surface area contributed by atoms with Crippen molar-refractivity contribution in [3.63, 3.8) is 0 Å². The average molecular weight is 188 g/mol. The fourth-order valence-electron chi connectivity index (χ4n) is 1.82. The summed E-state index contributed by atoms with van der Waals surface area (Å²) in [6.45, 7) is 2.83. The second-order valence-corrected chi connectivity index (χ2v) is 3.55. The molecule has 14 heavy (non-hydrogen) atoms. The van der Waals surface area contributed by atoms with Gasteiger partial charge in [-0.05, 0) is 24.6 Å². The molecule has 1 heterocycles. The van der Waals surface area contributed by atoms with Gasteiger partial charge < -0.3 is 10.6 Å². The minimum Gasteiger partial charge on any atom is -0.367 e. The molecule has 1 aliphatic rings. The van der Waals surface area contributed by atoms with Gasteiger partial charge in [0, 0.05) is 18.8 Å². The van der Waals surface area contributed by atoms with E-state index in [0.29, 0.717) is 0 Å². The van der Waals surface area contributed by atoms with Crippen molar-refractivity contribution < 1.29 is 0 Å². The van der Waals surface area contributed by atoms with Crippen LogP contribution in [0.4, 0.5) is 5.69 Å². The van der Waals surface area contributed by atoms with Crippen molar-refractivity contribution in [3.05, 3.63) is 35.9 Å². The fourth-order valence-corrected chi connectivity index (χ4v) is 1.82. The number of anilines is 1. The molecule has 2 rings (SSSR count). The van der Waals surface area contributed by atoms with E-state index in [-0.39, 0.29) is 0 Å². The van der Waals surface area contributed by atoms with Gasteiger partial charge in [-0.2, -0.15) is 0 Å². The Morgan fingerprint density at radius 3 is 3.00 bits per heavy atom. The number of hydrogen-bond donors (Lipinski definition) is 1. The summed E-state index contributed by atoms with van der Waals surface area (Å²) < 4.78 is 0. The van der Waals surface area contributed by atoms with Gasteiger partial charge >= 0.3 is 0 Å². The van der Waals surface area contributed by atoms with E-state index in [2.05, 4.69) is 41.3 Å². The third-order valence-corrected chi connectivity index (χ3v) is 2.53. The van der Waals surface area contributed by atoms with Crippen molar-refractivity contribution in [1.29, 1.82) is 0 Å². The van der Waals surface area contributed by atoms with E-state index in [0.717, 1.165) is 26.1 Å². The second kappa shape index (κ2) is 4.29. The Morgan fingerprint density at radius 1 is 1.29 bits per heavy atom. The van der Waals surface area contributed by atoms with Crippen molar-refractivity contribution >= 4 is 11.8 Å². The predicted molar refractivity (Wildman–Crippen MR) is 61.4 cm³/mol. The summed E-state index contributed by atoms with van der Waals surface area (Å²) in [4.78, 5) is 2.38. The minimum absolute atomic E-state index is 0.766. The highest BCUT2D eigenvalue weighted by Gasteiger charge is 2.10. The summed E-state index contributed by atoms with van der Waals surface area (Å²) in [6, 6.07) is 8.50. The molecule has 0 amide bonds. The molecule has 2 N–H and O–H groups in total. The lowest BCUT2D eigenvalue weighted by Gasteiger charge is -2.27. The largest absolute Gasteiger partial charge is 0.367 e. The quantitative estimate of drug-likeness (QED) is 0.784. The van der Waals surface area contributed by atoms with Crippen LogP contribution in [0.15, 0.2) is 30.3 Å². The molecule has 0 atom stereocenters. The van der Waals surface area contributed by atoms with Crippen LogP contribution in [0.5, 0.6) is 0 Å². The van der Waals surface area contributed by atoms with Crippen molar-refractivity contribution in [2.45, 2.75) is 6.42 Å². The smallest absolute Gasteiger partial charge is 0.0442 e. The first-order valence-electron chi connectivity index (χ1n) is 5.12. The van der Waals surface area contributed by atoms with Crippen LogP contribution in [0.1, 0.15) is 12.0 Å². The van der Waals surface area contributed by atoms with Gasteiger partial charge in [-0.15, -0.1) is 0 Å². The summed E-state index contributed by atoms with van der Waals surface area (Å²) in [5, 5.41) is 0. The zero-order chi connectivity index (χ0) is 9.80. The first-order valence-corrected chi connectivity index (χ1v) is 5.12. The molecule has 0 unspecified atom stereocenters. The molecule has 2 heteroatoms. The lowest BCUT2D eigenvalue weighted by Crippen LogP contribution is -2.28. The Bertz CT molecular complexity index is 331. The second-order valence-electron chi connectivity index (χ2n) is 3.55. The molecule has 1 aromatic rings. The molecule has 0 aromatic heterocycles. The Balaban J connectivity index is 2.18. The van der Waals surface area contributed by atoms with E-state index < -0.39 is 0 Å². The summed E-state index contributed by atoms with van der Waals surface area (Å²) in [5.41, 5.74) is 8.17. The summed E-state index contributed by atoms with van der Waals surface area (Å²) in [7, 11) is 0. The van der Waals surface area contributed by atoms with Gasteiger partial charge in [0.25, 0.3) is 0 Å². The van der Waals surface area contributed by atoms with Gasteiger partial charge in [-0.1, -0.05) is 30.4 Å². The molecule has 1 aromatic carbocycles. The zero-order valence-electron chi connectivity index (χ0n) is 8.32. The fraction of sp³-hybridized carbons (Fsp3) is 0.333. The number of rotatable bonds is 3. The summed E-state index contributed by atoms with van der Waals surface area (Å²) in [6.07, 6.45) is 5.45. The average Bonchev–Trinajstić information content (AvgIpc) is 2.26. The van der Waals surface area contributed by atoms with Gasteiger partial charge in [-0.25, -0.2) is 0 Å². The van der Waals surface area contributed by atoms with Crippen LogP contribution in [-0.2, 0) is 0 Å². The molecule has 0 aliphatic carbocycles. The van der Waals surface area contributed by atoms with Crippen molar-refractivity contribution in [2.24, 2.45) is 5.73 Å². The Labute approximate surface area is 85.0 Å². The van der Waals surface area contributed by atoms with Crippen LogP contribution in [0, 0.1) is 0 Å². The number of hydrogen-bond acceptors (Lipinski definition) is 2. The topological polar surface area (TPSA) is 29.3 Å². The van der Waals surface area contributed by atoms with Gasteiger partial charge in [0.2, 0.25) is 0 Å². The van der Waals surface area contributed by atoms with Gasteiger partial charge in [-0.3, -0.25) is 0 Å². The number of nitrogens with two attached hydrogens (primary N) is 1. The number of para-hydroxylation sites is 1. The minimum atomic E-state index is 0.766. The predicted octanol–water partition coefficient (Wildman–Crippen LogP) is 1.87. The first-order chi connectivity index (χ1) is 6.92. The molecule has 0 bridgehead atoms. The standard InChI is InChI=1S/C12H16N2/c13-8-4-10-14-9-3-6-11-5-1-2-7-12(11)14/h1-3,5-7H,4,8-10,13H2. The third-order valence-electron chi connectivity index (χ3n) is 2.53. The molecule has 1 aliphatic heterocycles. The normalized spacial score (nSPS) is 14.2. The molecule has 0 spiro atoms. The van der Waals surface area contributed by atoms with Crippen molar-refractivity contribution in [3.8, 4) is 0 Å². The highest BCUT2D eigenvalue weighted by atomic mass is 15.1. The van der Waals surface area contributed by atoms with Crippen molar-refractivity contribution in [1.82, 2.24) is 0 Å². The van der Waals surface area contributed by atoms with Crippen LogP contribution in [0.25, 0.3) is 6.08 Å². The molecule has 74 valence electrons. The monoisotopic (exact) mass is 188 g/mol. The van der Waals surface area contributed by atoms with E-state index in [1.54, 1.807) is 0 Å². The lowest BCUT2D eigenvalue weighted by molar-refractivity contribution is 0.768. The van der Waals surface area contributed by atoms with Crippen LogP contribution in [0.3, 0.4) is 0 Å². The molecular weight excluding hydrogens is 172 g/mol. The Hall–Kier alpha value is -1.28. The highest BCUT2D eigenvalue weighted by molar-refractivity contribution is 5.71. The van der Waals surface area contributed by atoms with E-state index in [4.69, 9.17) is 5.73 Å². The van der Waals surface area contributed by atoms with Gasteiger partial charge in [0.15, 0.2) is 0 Å². The van der Waals surface area contributed by atoms with Crippen LogP contribution in [-0.4, -0.2) is 19.6 Å². The maximum absolute atomic E-state index is 5.52. The van der Waals surface area contributed by atoms with Crippen LogP contribution >= 0.6 is 0 Å². The maximum atomic E-state index is 5.52. The highest BCUT2D eigenvalue weighted by Crippen LogP contribution is 2.25. The van der Waals surface area contributed by atoms with E-state index in [1.807, 2.05) is 0 Å². The molecule has 0 fully saturated rings. The molecule has 2 nitrogen and oxygen atoms in total. The van der Waals surface area contributed by atoms with Crippen molar-refractivity contribution in [2.75, 3.05) is 24.5 Å². The van der Waals surface area contributed by atoms with E-state index in [9.17, 15) is 0 Å². The number of nitrogens with zero attached hydrogens (tertiary/aromatic N) is 1. The zero-order valence-corrected chi connectivity index (χ0v) is 8.32. The number of fused-ring (bicyclic) bond motifs is 1. The molecule has 0 saturated heterocycles. The van der Waals surface area contributed by atoms with Gasteiger partial charge in [0.1, 0.15) is 0 Å². The van der Waals surface area contributed by atoms with Crippen LogP contribution < -0.4 is 10.6 Å². The lowest BCUT2D eigenvalue weighted by atomic mass is 10.1. The third kappa shape index (κ3) is 1.80. The first kappa shape index (κ1) is 9.28. The summed E-state index contributed by atoms with van der Waals surface area (Å²) >= 11 is 0.